The summed E-state index contributed by atoms with van der Waals surface area (Å²) in [5.74, 6) is 0. The van der Waals surface area contributed by atoms with E-state index in [1.807, 2.05) is 0 Å². The molecule has 0 saturated heterocycles. The van der Waals surface area contributed by atoms with Gasteiger partial charge in [-0.1, -0.05) is 0 Å². The first kappa shape index (κ1) is 9.65. The van der Waals surface area contributed by atoms with Crippen molar-refractivity contribution in [1.29, 1.82) is 0 Å². The molecule has 2 nitrogen and oxygen atoms in total. The minimum atomic E-state index is -2.03. The van der Waals surface area contributed by atoms with Gasteiger partial charge in [0.05, 0.1) is 8.16 Å². The molecule has 0 spiro atoms. The van der Waals surface area contributed by atoms with Gasteiger partial charge in [-0.2, -0.15) is 0 Å². The highest BCUT2D eigenvalue weighted by Gasteiger charge is 2.12. The van der Waals surface area contributed by atoms with Crippen LogP contribution < -0.4 is 0 Å². The molecule has 0 bridgehead atoms. The molecule has 0 aliphatic heterocycles. The molecule has 0 aromatic rings. The Kier molecular flexibility index (Phi) is 2.91. The summed E-state index contributed by atoms with van der Waals surface area (Å²) < 4.78 is 15.1. The van der Waals surface area contributed by atoms with Gasteiger partial charge in [-0.15, -0.1) is 0 Å². The summed E-state index contributed by atoms with van der Waals surface area (Å²) in [4.78, 5) is 0. The molecule has 1 atom stereocenters. The van der Waals surface area contributed by atoms with Gasteiger partial charge in [-0.05, 0) is 19.6 Å². The van der Waals surface area contributed by atoms with Crippen LogP contribution in [-0.2, 0) is 8.16 Å². The molecule has 0 fully saturated rings. The van der Waals surface area contributed by atoms with E-state index in [1.54, 1.807) is 6.26 Å². The van der Waals surface area contributed by atoms with Crippen LogP contribution in [0.4, 0.5) is 0 Å². The summed E-state index contributed by atoms with van der Waals surface area (Å²) in [5, 5.41) is 0. The fourth-order valence-corrected chi connectivity index (χ4v) is 8.31. The molecule has 0 radical (unpaired) electrons. The highest BCUT2D eigenvalue weighted by Crippen LogP contribution is 2.10. The van der Waals surface area contributed by atoms with Gasteiger partial charge in [-0.3, -0.25) is 4.03 Å². The second-order valence-corrected chi connectivity index (χ2v) is 13.1. The predicted octanol–water partition coefficient (Wildman–Crippen LogP) is 2.23. The van der Waals surface area contributed by atoms with Crippen molar-refractivity contribution >= 4 is 31.2 Å². The van der Waals surface area contributed by atoms with Gasteiger partial charge in [-0.25, -0.2) is 4.21 Å². The molecule has 0 N–H and O–H groups in total. The van der Waals surface area contributed by atoms with Crippen LogP contribution in [0.5, 0.6) is 0 Å². The first-order valence-electron chi connectivity index (χ1n) is 2.64. The number of nitrogens with zero attached hydrogens (tertiary/aromatic N) is 1. The predicted molar refractivity (Wildman–Crippen MR) is 48.8 cm³/mol. The van der Waals surface area contributed by atoms with Gasteiger partial charge in [0.25, 0.3) is 0 Å². The van der Waals surface area contributed by atoms with Crippen LogP contribution >= 0.6 is 14.8 Å². The molecule has 0 saturated carbocycles. The Morgan fingerprint density at radius 1 is 1.44 bits per heavy atom. The molecule has 1 unspecified atom stereocenters. The normalized spacial score (nSPS) is 18.8. The topological polar surface area (TPSA) is 29.4 Å². The molecule has 0 rings (SSSR count). The molecule has 0 aliphatic rings. The third-order valence-corrected chi connectivity index (χ3v) is 5.24. The van der Waals surface area contributed by atoms with Gasteiger partial charge in [0.15, 0.2) is 8.24 Å². The highest BCUT2D eigenvalue weighted by molar-refractivity contribution is 9.47. The summed E-state index contributed by atoms with van der Waals surface area (Å²) in [5.41, 5.74) is 0. The smallest absolute Gasteiger partial charge is 0.185 e. The Bertz CT molecular complexity index is 193. The first-order chi connectivity index (χ1) is 3.71. The maximum absolute atomic E-state index is 11.0. The molecule has 0 heterocycles. The summed E-state index contributed by atoms with van der Waals surface area (Å²) in [6, 6.07) is 0. The Balaban J connectivity index is 4.53. The second-order valence-electron chi connectivity index (χ2n) is 2.97. The van der Waals surface area contributed by atoms with E-state index in [4.69, 9.17) is 0 Å². The van der Waals surface area contributed by atoms with Gasteiger partial charge >= 0.3 is 0 Å². The average Bonchev–Trinajstić information content (AvgIpc) is 1.14. The molecular weight excluding hydrogens is 218 g/mol. The van der Waals surface area contributed by atoms with Crippen molar-refractivity contribution in [3.8, 4) is 0 Å². The van der Waals surface area contributed by atoms with E-state index in [-0.39, 0.29) is 0 Å². The quantitative estimate of drug-likeness (QED) is 0.501. The van der Waals surface area contributed by atoms with Crippen molar-refractivity contribution in [2.45, 2.75) is 19.6 Å². The Labute approximate surface area is 65.5 Å². The van der Waals surface area contributed by atoms with Crippen molar-refractivity contribution in [3.63, 3.8) is 0 Å². The molecule has 0 aromatic heterocycles. The van der Waals surface area contributed by atoms with Crippen LogP contribution in [0.3, 0.4) is 0 Å². The fourth-order valence-electron chi connectivity index (χ4n) is 0.489. The lowest BCUT2D eigenvalue weighted by molar-refractivity contribution is 0.690. The van der Waals surface area contributed by atoms with Crippen LogP contribution in [0.15, 0.2) is 4.03 Å². The summed E-state index contributed by atoms with van der Waals surface area (Å²) >= 11 is 3.01. The standard InChI is InChI=1S/C4H12BrNOSSi/c1-8(5,7)6-9(2,3)4/h1-4H3. The van der Waals surface area contributed by atoms with Crippen molar-refractivity contribution in [1.82, 2.24) is 0 Å². The molecule has 0 aliphatic carbocycles. The van der Waals surface area contributed by atoms with E-state index in [0.717, 1.165) is 0 Å². The van der Waals surface area contributed by atoms with Crippen LogP contribution in [-0.4, -0.2) is 18.7 Å². The van der Waals surface area contributed by atoms with Crippen molar-refractivity contribution in [3.05, 3.63) is 0 Å². The van der Waals surface area contributed by atoms with Gasteiger partial charge in [0.1, 0.15) is 0 Å². The van der Waals surface area contributed by atoms with E-state index >= 15 is 0 Å². The summed E-state index contributed by atoms with van der Waals surface area (Å²) in [6.07, 6.45) is 1.60. The fraction of sp³-hybridized carbons (Fsp3) is 1.00. The monoisotopic (exact) mass is 229 g/mol. The van der Waals surface area contributed by atoms with E-state index in [0.29, 0.717) is 0 Å². The lowest BCUT2D eigenvalue weighted by atomic mass is 11.8. The van der Waals surface area contributed by atoms with Gasteiger partial charge in [0, 0.05) is 21.1 Å². The van der Waals surface area contributed by atoms with Crippen LogP contribution in [0.2, 0.25) is 19.6 Å². The van der Waals surface area contributed by atoms with Gasteiger partial charge in [0.2, 0.25) is 0 Å². The number of hydrogen-bond donors (Lipinski definition) is 0. The van der Waals surface area contributed by atoms with Crippen molar-refractivity contribution < 1.29 is 4.21 Å². The Morgan fingerprint density at radius 2 is 1.78 bits per heavy atom. The lowest BCUT2D eigenvalue weighted by Gasteiger charge is -2.07. The van der Waals surface area contributed by atoms with Gasteiger partial charge < -0.3 is 0 Å². The molecule has 0 aromatic carbocycles. The summed E-state index contributed by atoms with van der Waals surface area (Å²) in [7, 11) is -3.52. The van der Waals surface area contributed by atoms with Crippen molar-refractivity contribution in [2.75, 3.05) is 6.26 Å². The third-order valence-electron chi connectivity index (χ3n) is 0.437. The summed E-state index contributed by atoms with van der Waals surface area (Å²) in [6.45, 7) is 6.16. The molecule has 56 valence electrons. The minimum Gasteiger partial charge on any atom is -0.269 e. The van der Waals surface area contributed by atoms with E-state index in [2.05, 4.69) is 38.5 Å². The van der Waals surface area contributed by atoms with Crippen LogP contribution in [0.25, 0.3) is 0 Å². The Morgan fingerprint density at radius 3 is 1.78 bits per heavy atom. The molecule has 9 heavy (non-hydrogen) atoms. The highest BCUT2D eigenvalue weighted by atomic mass is 79.9. The van der Waals surface area contributed by atoms with E-state index in [9.17, 15) is 4.21 Å². The third kappa shape index (κ3) is 8.65. The zero-order valence-electron chi connectivity index (χ0n) is 6.14. The Hall–Kier alpha value is 0.647. The molecule has 0 amide bonds. The van der Waals surface area contributed by atoms with Crippen molar-refractivity contribution in [2.24, 2.45) is 4.03 Å². The van der Waals surface area contributed by atoms with Crippen LogP contribution in [0.1, 0.15) is 0 Å². The van der Waals surface area contributed by atoms with E-state index < -0.39 is 16.4 Å². The zero-order chi connectivity index (χ0) is 7.71. The minimum absolute atomic E-state index is 1.49. The second kappa shape index (κ2) is 2.71. The van der Waals surface area contributed by atoms with E-state index in [1.165, 1.54) is 0 Å². The maximum Gasteiger partial charge on any atom is 0.185 e. The molecule has 5 heteroatoms. The zero-order valence-corrected chi connectivity index (χ0v) is 9.54. The largest absolute Gasteiger partial charge is 0.269 e. The molecular formula is C4H12BrNOSSi. The number of hydrogen-bond acceptors (Lipinski definition) is 2. The van der Waals surface area contributed by atoms with Crippen LogP contribution in [0, 0.1) is 0 Å². The average molecular weight is 230 g/mol. The SMILES string of the molecule is C[Si](C)(C)N=S(C)(=O)Br. The lowest BCUT2D eigenvalue weighted by Crippen LogP contribution is -2.17. The number of halogens is 1. The maximum atomic E-state index is 11.0. The number of rotatable bonds is 1. The first-order valence-corrected chi connectivity index (χ1v) is 9.85.